The molecule has 4 rings (SSSR count). The van der Waals surface area contributed by atoms with E-state index in [0.29, 0.717) is 23.4 Å². The average molecular weight is 447 g/mol. The predicted molar refractivity (Wildman–Crippen MR) is 111 cm³/mol. The first-order valence-electron chi connectivity index (χ1n) is 9.92. The molecule has 4 atom stereocenters. The Morgan fingerprint density at radius 3 is 2.44 bits per heavy atom. The Morgan fingerprint density at radius 1 is 1.09 bits per heavy atom. The monoisotopic (exact) mass is 447 g/mol. The summed E-state index contributed by atoms with van der Waals surface area (Å²) in [5.74, 6) is 1.44. The van der Waals surface area contributed by atoms with Crippen LogP contribution in [-0.4, -0.2) is 80.6 Å². The minimum atomic E-state index is -1.28. The summed E-state index contributed by atoms with van der Waals surface area (Å²) in [6.07, 6.45) is -2.56. The Labute approximate surface area is 183 Å². The number of fused-ring (bicyclic) bond motifs is 1. The van der Waals surface area contributed by atoms with Crippen molar-refractivity contribution in [3.8, 4) is 17.5 Å². The Balaban J connectivity index is 1.53. The third-order valence-electron chi connectivity index (χ3n) is 5.25. The van der Waals surface area contributed by atoms with Crippen molar-refractivity contribution in [1.82, 2.24) is 19.5 Å². The fraction of sp³-hybridized carbons (Fsp3) is 0.450. The largest absolute Gasteiger partial charge is 0.497 e. The molecule has 0 unspecified atom stereocenters. The first-order chi connectivity index (χ1) is 15.4. The van der Waals surface area contributed by atoms with E-state index in [1.165, 1.54) is 10.9 Å². The van der Waals surface area contributed by atoms with Crippen LogP contribution in [0.25, 0.3) is 11.2 Å². The van der Waals surface area contributed by atoms with Crippen molar-refractivity contribution in [3.63, 3.8) is 0 Å². The molecule has 3 heterocycles. The van der Waals surface area contributed by atoms with Crippen molar-refractivity contribution in [2.75, 3.05) is 33.2 Å². The molecule has 172 valence electrons. The number of aliphatic hydroxyl groups excluding tert-OH is 3. The number of rotatable bonds is 8. The standard InChI is InChI=1S/C20H25N5O7/c1-29-11-5-10(6-12(7-11)30-2)3-4-31-20-23-17(21)14-18(24-20)25(9-22-14)19-16(28)15(27)13(8-26)32-19/h5-7,9,13,15-16,19,26-28H,3-4,8H2,1-2H3,(H2,21,23,24)/t13-,15-,16-,19-/m1/s1. The minimum Gasteiger partial charge on any atom is -0.497 e. The summed E-state index contributed by atoms with van der Waals surface area (Å²) in [6, 6.07) is 5.56. The van der Waals surface area contributed by atoms with Crippen molar-refractivity contribution in [2.24, 2.45) is 0 Å². The van der Waals surface area contributed by atoms with E-state index in [1.54, 1.807) is 20.3 Å². The summed E-state index contributed by atoms with van der Waals surface area (Å²) in [5.41, 5.74) is 7.51. The highest BCUT2D eigenvalue weighted by Gasteiger charge is 2.44. The summed E-state index contributed by atoms with van der Waals surface area (Å²) in [6.45, 7) is -0.189. The summed E-state index contributed by atoms with van der Waals surface area (Å²) < 4.78 is 23.2. The highest BCUT2D eigenvalue weighted by Crippen LogP contribution is 2.32. The van der Waals surface area contributed by atoms with Crippen LogP contribution in [0.5, 0.6) is 17.5 Å². The van der Waals surface area contributed by atoms with Crippen LogP contribution in [0.3, 0.4) is 0 Å². The predicted octanol–water partition coefficient (Wildman–Crippen LogP) is -0.341. The van der Waals surface area contributed by atoms with Gasteiger partial charge in [0.05, 0.1) is 33.8 Å². The van der Waals surface area contributed by atoms with E-state index >= 15 is 0 Å². The molecule has 1 fully saturated rings. The van der Waals surface area contributed by atoms with Gasteiger partial charge in [0.15, 0.2) is 23.2 Å². The van der Waals surface area contributed by atoms with Gasteiger partial charge in [-0.2, -0.15) is 9.97 Å². The highest BCUT2D eigenvalue weighted by molar-refractivity contribution is 5.82. The van der Waals surface area contributed by atoms with Gasteiger partial charge >= 0.3 is 6.01 Å². The number of benzene rings is 1. The van der Waals surface area contributed by atoms with Gasteiger partial charge in [-0.3, -0.25) is 4.57 Å². The maximum atomic E-state index is 10.3. The van der Waals surface area contributed by atoms with E-state index in [1.807, 2.05) is 12.1 Å². The second-order valence-electron chi connectivity index (χ2n) is 7.26. The van der Waals surface area contributed by atoms with Gasteiger partial charge in [0.25, 0.3) is 0 Å². The second kappa shape index (κ2) is 9.12. The van der Waals surface area contributed by atoms with Gasteiger partial charge in [-0.25, -0.2) is 4.98 Å². The zero-order chi connectivity index (χ0) is 22.8. The van der Waals surface area contributed by atoms with Crippen LogP contribution in [0.4, 0.5) is 5.82 Å². The molecule has 1 aliphatic rings. The smallest absolute Gasteiger partial charge is 0.320 e. The van der Waals surface area contributed by atoms with E-state index in [-0.39, 0.29) is 24.1 Å². The number of ether oxygens (including phenoxy) is 4. The van der Waals surface area contributed by atoms with Gasteiger partial charge in [0, 0.05) is 12.5 Å². The third-order valence-corrected chi connectivity index (χ3v) is 5.25. The molecule has 5 N–H and O–H groups in total. The number of aromatic nitrogens is 4. The first kappa shape index (κ1) is 22.0. The SMILES string of the molecule is COc1cc(CCOc2nc(N)c3ncn([C@@H]4O[C@H](CO)[C@@H](O)[C@H]4O)c3n2)cc(OC)c1. The molecule has 12 heteroatoms. The molecule has 0 spiro atoms. The lowest BCUT2D eigenvalue weighted by atomic mass is 10.1. The normalized spacial score (nSPS) is 22.9. The molecule has 0 amide bonds. The number of methoxy groups -OCH3 is 2. The molecular weight excluding hydrogens is 422 g/mol. The Hall–Kier alpha value is -3.19. The molecule has 12 nitrogen and oxygen atoms in total. The second-order valence-corrected chi connectivity index (χ2v) is 7.26. The van der Waals surface area contributed by atoms with Crippen molar-refractivity contribution < 1.29 is 34.3 Å². The van der Waals surface area contributed by atoms with E-state index in [4.69, 9.17) is 24.7 Å². The lowest BCUT2D eigenvalue weighted by Crippen LogP contribution is -2.33. The van der Waals surface area contributed by atoms with Gasteiger partial charge in [-0.15, -0.1) is 0 Å². The summed E-state index contributed by atoms with van der Waals surface area (Å²) in [4.78, 5) is 12.7. The Kier molecular flexibility index (Phi) is 6.28. The molecule has 3 aromatic rings. The van der Waals surface area contributed by atoms with E-state index in [2.05, 4.69) is 15.0 Å². The number of anilines is 1. The molecule has 0 bridgehead atoms. The first-order valence-corrected chi connectivity index (χ1v) is 9.92. The number of hydrogen-bond acceptors (Lipinski definition) is 11. The van der Waals surface area contributed by atoms with Crippen molar-refractivity contribution in [1.29, 1.82) is 0 Å². The zero-order valence-electron chi connectivity index (χ0n) is 17.6. The van der Waals surface area contributed by atoms with Crippen LogP contribution < -0.4 is 19.9 Å². The van der Waals surface area contributed by atoms with Gasteiger partial charge < -0.3 is 40.0 Å². The van der Waals surface area contributed by atoms with Crippen LogP contribution in [0.2, 0.25) is 0 Å². The third kappa shape index (κ3) is 4.12. The zero-order valence-corrected chi connectivity index (χ0v) is 17.6. The fourth-order valence-corrected chi connectivity index (χ4v) is 3.55. The summed E-state index contributed by atoms with van der Waals surface area (Å²) in [7, 11) is 3.16. The Bertz CT molecular complexity index is 1070. The van der Waals surface area contributed by atoms with Crippen LogP contribution >= 0.6 is 0 Å². The van der Waals surface area contributed by atoms with Crippen LogP contribution in [0.1, 0.15) is 11.8 Å². The van der Waals surface area contributed by atoms with Gasteiger partial charge in [0.1, 0.15) is 29.8 Å². The molecule has 32 heavy (non-hydrogen) atoms. The number of imidazole rings is 1. The maximum Gasteiger partial charge on any atom is 0.320 e. The van der Waals surface area contributed by atoms with Gasteiger partial charge in [-0.1, -0.05) is 0 Å². The summed E-state index contributed by atoms with van der Waals surface area (Å²) in [5, 5.41) is 29.7. The molecule has 0 saturated carbocycles. The topological polar surface area (TPSA) is 167 Å². The highest BCUT2D eigenvalue weighted by atomic mass is 16.6. The van der Waals surface area contributed by atoms with E-state index in [0.717, 1.165) is 5.56 Å². The fourth-order valence-electron chi connectivity index (χ4n) is 3.55. The molecule has 0 aliphatic carbocycles. The molecule has 1 saturated heterocycles. The average Bonchev–Trinajstić information content (AvgIpc) is 3.34. The van der Waals surface area contributed by atoms with Crippen molar-refractivity contribution in [2.45, 2.75) is 31.0 Å². The summed E-state index contributed by atoms with van der Waals surface area (Å²) >= 11 is 0. The molecular formula is C20H25N5O7. The van der Waals surface area contributed by atoms with Crippen LogP contribution in [0.15, 0.2) is 24.5 Å². The van der Waals surface area contributed by atoms with Crippen LogP contribution in [0, 0.1) is 0 Å². The van der Waals surface area contributed by atoms with E-state index in [9.17, 15) is 15.3 Å². The molecule has 2 aromatic heterocycles. The Morgan fingerprint density at radius 2 is 1.81 bits per heavy atom. The number of aliphatic hydroxyl groups is 3. The lowest BCUT2D eigenvalue weighted by Gasteiger charge is -2.16. The van der Waals surface area contributed by atoms with E-state index < -0.39 is 31.1 Å². The molecule has 1 aromatic carbocycles. The quantitative estimate of drug-likeness (QED) is 0.356. The molecule has 1 aliphatic heterocycles. The minimum absolute atomic E-state index is 0.0263. The van der Waals surface area contributed by atoms with Crippen LogP contribution in [-0.2, 0) is 11.2 Å². The van der Waals surface area contributed by atoms with Gasteiger partial charge in [0.2, 0.25) is 0 Å². The lowest BCUT2D eigenvalue weighted by molar-refractivity contribution is -0.0511. The number of hydrogen-bond donors (Lipinski definition) is 4. The number of nitrogens with zero attached hydrogens (tertiary/aromatic N) is 4. The number of nitrogens with two attached hydrogens (primary N) is 1. The van der Waals surface area contributed by atoms with Gasteiger partial charge in [-0.05, 0) is 17.7 Å². The van der Waals surface area contributed by atoms with Crippen molar-refractivity contribution in [3.05, 3.63) is 30.1 Å². The number of nitrogen functional groups attached to an aromatic ring is 1. The van der Waals surface area contributed by atoms with Crippen molar-refractivity contribution >= 4 is 17.0 Å². The molecule has 0 radical (unpaired) electrons. The maximum absolute atomic E-state index is 10.3.